The van der Waals surface area contributed by atoms with E-state index in [4.69, 9.17) is 14.7 Å². The van der Waals surface area contributed by atoms with Crippen LogP contribution in [0.15, 0.2) is 42.5 Å². The fourth-order valence-electron chi connectivity index (χ4n) is 2.77. The molecule has 0 saturated heterocycles. The highest BCUT2D eigenvalue weighted by Gasteiger charge is 2.14. The third-order valence-corrected chi connectivity index (χ3v) is 4.28. The first-order valence-electron chi connectivity index (χ1n) is 8.99. The van der Waals surface area contributed by atoms with Crippen LogP contribution < -0.4 is 4.74 Å². The molecule has 142 valence electrons. The Morgan fingerprint density at radius 1 is 1.11 bits per heavy atom. The number of nitrogens with zero attached hydrogens (tertiary/aromatic N) is 2. The van der Waals surface area contributed by atoms with Crippen molar-refractivity contribution in [2.75, 3.05) is 26.9 Å². The van der Waals surface area contributed by atoms with Crippen LogP contribution in [0.25, 0.3) is 0 Å². The molecule has 0 spiro atoms. The zero-order valence-corrected chi connectivity index (χ0v) is 16.2. The largest absolute Gasteiger partial charge is 0.493 e. The Kier molecular flexibility index (Phi) is 7.84. The monoisotopic (exact) mass is 366 g/mol. The number of methoxy groups -OCH3 is 1. The van der Waals surface area contributed by atoms with Gasteiger partial charge in [0.1, 0.15) is 5.75 Å². The highest BCUT2D eigenvalue weighted by molar-refractivity contribution is 5.76. The van der Waals surface area contributed by atoms with Crippen LogP contribution in [0, 0.1) is 25.2 Å². The van der Waals surface area contributed by atoms with Crippen molar-refractivity contribution in [3.05, 3.63) is 64.7 Å². The van der Waals surface area contributed by atoms with E-state index in [-0.39, 0.29) is 5.91 Å². The lowest BCUT2D eigenvalue weighted by atomic mass is 10.1. The fraction of sp³-hybridized carbons (Fsp3) is 0.364. The van der Waals surface area contributed by atoms with Gasteiger partial charge in [-0.05, 0) is 43.2 Å². The van der Waals surface area contributed by atoms with Gasteiger partial charge < -0.3 is 14.4 Å². The molecular weight excluding hydrogens is 340 g/mol. The summed E-state index contributed by atoms with van der Waals surface area (Å²) in [5.41, 5.74) is 3.84. The molecule has 0 radical (unpaired) electrons. The van der Waals surface area contributed by atoms with E-state index < -0.39 is 0 Å². The molecule has 0 aliphatic heterocycles. The summed E-state index contributed by atoms with van der Waals surface area (Å²) in [5, 5.41) is 8.90. The number of hydrogen-bond donors (Lipinski definition) is 0. The van der Waals surface area contributed by atoms with Gasteiger partial charge in [-0.1, -0.05) is 29.8 Å². The van der Waals surface area contributed by atoms with Crippen LogP contribution in [0.1, 0.15) is 28.7 Å². The quantitative estimate of drug-likeness (QED) is 0.680. The standard InChI is InChI=1S/C22H26N2O3/c1-17-4-9-21(18(2)14-17)27-12-10-22(25)24(11-13-26-3)16-20-7-5-19(15-23)6-8-20/h4-9,14H,10-13,16H2,1-3H3. The van der Waals surface area contributed by atoms with Crippen LogP contribution in [-0.4, -0.2) is 37.7 Å². The van der Waals surface area contributed by atoms with Crippen LogP contribution in [-0.2, 0) is 16.1 Å². The second-order valence-electron chi connectivity index (χ2n) is 6.48. The van der Waals surface area contributed by atoms with Crippen molar-refractivity contribution in [3.63, 3.8) is 0 Å². The minimum atomic E-state index is 0.0150. The molecule has 5 nitrogen and oxygen atoms in total. The van der Waals surface area contributed by atoms with Crippen LogP contribution in [0.3, 0.4) is 0 Å². The summed E-state index contributed by atoms with van der Waals surface area (Å²) < 4.78 is 10.9. The van der Waals surface area contributed by atoms with Crippen LogP contribution in [0.2, 0.25) is 0 Å². The van der Waals surface area contributed by atoms with Gasteiger partial charge in [0.15, 0.2) is 0 Å². The lowest BCUT2D eigenvalue weighted by Crippen LogP contribution is -2.34. The molecule has 0 atom stereocenters. The van der Waals surface area contributed by atoms with Crippen LogP contribution in [0.5, 0.6) is 5.75 Å². The summed E-state index contributed by atoms with van der Waals surface area (Å²) in [5.74, 6) is 0.824. The number of rotatable bonds is 9. The van der Waals surface area contributed by atoms with Crippen molar-refractivity contribution in [3.8, 4) is 11.8 Å². The maximum Gasteiger partial charge on any atom is 0.226 e. The Morgan fingerprint density at radius 3 is 2.48 bits per heavy atom. The molecule has 0 bridgehead atoms. The zero-order chi connectivity index (χ0) is 19.6. The first kappa shape index (κ1) is 20.5. The van der Waals surface area contributed by atoms with Gasteiger partial charge in [0.2, 0.25) is 5.91 Å². The number of aryl methyl sites for hydroxylation is 2. The second kappa shape index (κ2) is 10.3. The lowest BCUT2D eigenvalue weighted by molar-refractivity contribution is -0.133. The van der Waals surface area contributed by atoms with Crippen LogP contribution in [0.4, 0.5) is 0 Å². The predicted octanol–water partition coefficient (Wildman–Crippen LogP) is 3.62. The van der Waals surface area contributed by atoms with Crippen molar-refractivity contribution in [2.45, 2.75) is 26.8 Å². The Balaban J connectivity index is 1.93. The van der Waals surface area contributed by atoms with E-state index in [0.29, 0.717) is 38.3 Å². The van der Waals surface area contributed by atoms with Gasteiger partial charge >= 0.3 is 0 Å². The summed E-state index contributed by atoms with van der Waals surface area (Å²) in [6.45, 7) is 5.84. The molecule has 2 rings (SSSR count). The molecule has 0 heterocycles. The van der Waals surface area contributed by atoms with E-state index in [1.807, 2.05) is 38.1 Å². The van der Waals surface area contributed by atoms with E-state index in [1.54, 1.807) is 24.1 Å². The van der Waals surface area contributed by atoms with Gasteiger partial charge in [0, 0.05) is 20.2 Å². The maximum absolute atomic E-state index is 12.6. The van der Waals surface area contributed by atoms with Crippen molar-refractivity contribution in [2.24, 2.45) is 0 Å². The first-order chi connectivity index (χ1) is 13.0. The van der Waals surface area contributed by atoms with Gasteiger partial charge in [0.25, 0.3) is 0 Å². The minimum absolute atomic E-state index is 0.0150. The normalized spacial score (nSPS) is 10.3. The third-order valence-electron chi connectivity index (χ3n) is 4.28. The summed E-state index contributed by atoms with van der Waals surface area (Å²) in [7, 11) is 1.62. The molecule has 0 N–H and O–H groups in total. The van der Waals surface area contributed by atoms with Crippen molar-refractivity contribution in [1.82, 2.24) is 4.90 Å². The molecule has 0 saturated carbocycles. The molecule has 27 heavy (non-hydrogen) atoms. The van der Waals surface area contributed by atoms with Gasteiger partial charge in [-0.25, -0.2) is 0 Å². The van der Waals surface area contributed by atoms with Crippen molar-refractivity contribution < 1.29 is 14.3 Å². The number of benzene rings is 2. The van der Waals surface area contributed by atoms with Gasteiger partial charge in [-0.3, -0.25) is 4.79 Å². The molecule has 1 amide bonds. The van der Waals surface area contributed by atoms with E-state index >= 15 is 0 Å². The summed E-state index contributed by atoms with van der Waals surface area (Å²) in [6.07, 6.45) is 0.299. The van der Waals surface area contributed by atoms with Crippen molar-refractivity contribution >= 4 is 5.91 Å². The third kappa shape index (κ3) is 6.43. The van der Waals surface area contributed by atoms with Gasteiger partial charge in [-0.2, -0.15) is 5.26 Å². The molecule has 0 fully saturated rings. The summed E-state index contributed by atoms with van der Waals surface area (Å²) >= 11 is 0. The highest BCUT2D eigenvalue weighted by Crippen LogP contribution is 2.19. The van der Waals surface area contributed by atoms with Gasteiger partial charge in [-0.15, -0.1) is 0 Å². The molecule has 0 aromatic heterocycles. The second-order valence-corrected chi connectivity index (χ2v) is 6.48. The zero-order valence-electron chi connectivity index (χ0n) is 16.2. The van der Waals surface area contributed by atoms with Gasteiger partial charge in [0.05, 0.1) is 31.3 Å². The maximum atomic E-state index is 12.6. The number of nitriles is 1. The molecule has 0 aliphatic rings. The Hall–Kier alpha value is -2.84. The Bertz CT molecular complexity index is 794. The smallest absolute Gasteiger partial charge is 0.226 e. The van der Waals surface area contributed by atoms with E-state index in [9.17, 15) is 4.79 Å². The number of ether oxygens (including phenoxy) is 2. The Labute approximate surface area is 161 Å². The topological polar surface area (TPSA) is 62.6 Å². The van der Waals surface area contributed by atoms with E-state index in [2.05, 4.69) is 12.1 Å². The molecule has 5 heteroatoms. The highest BCUT2D eigenvalue weighted by atomic mass is 16.5. The fourth-order valence-corrected chi connectivity index (χ4v) is 2.77. The van der Waals surface area contributed by atoms with E-state index in [0.717, 1.165) is 16.9 Å². The summed E-state index contributed by atoms with van der Waals surface area (Å²) in [4.78, 5) is 14.4. The molecule has 0 unspecified atom stereocenters. The molecule has 2 aromatic rings. The predicted molar refractivity (Wildman–Crippen MR) is 104 cm³/mol. The van der Waals surface area contributed by atoms with Crippen LogP contribution >= 0.6 is 0 Å². The number of amides is 1. The van der Waals surface area contributed by atoms with Crippen molar-refractivity contribution in [1.29, 1.82) is 5.26 Å². The molecule has 0 aliphatic carbocycles. The minimum Gasteiger partial charge on any atom is -0.493 e. The Morgan fingerprint density at radius 2 is 1.85 bits per heavy atom. The average molecular weight is 366 g/mol. The molecule has 2 aromatic carbocycles. The lowest BCUT2D eigenvalue weighted by Gasteiger charge is -2.23. The molecular formula is C22H26N2O3. The number of hydrogen-bond acceptors (Lipinski definition) is 4. The number of carbonyl (C=O) groups is 1. The number of carbonyl (C=O) groups excluding carboxylic acids is 1. The average Bonchev–Trinajstić information content (AvgIpc) is 2.67. The summed E-state index contributed by atoms with van der Waals surface area (Å²) in [6, 6.07) is 15.4. The first-order valence-corrected chi connectivity index (χ1v) is 8.99. The SMILES string of the molecule is COCCN(Cc1ccc(C#N)cc1)C(=O)CCOc1ccc(C)cc1C. The van der Waals surface area contributed by atoms with E-state index in [1.165, 1.54) is 5.56 Å².